The minimum Gasteiger partial charge on any atom is -0.447 e. The van der Waals surface area contributed by atoms with E-state index in [2.05, 4.69) is 49.4 Å². The van der Waals surface area contributed by atoms with Crippen LogP contribution in [0.15, 0.2) is 78.9 Å². The van der Waals surface area contributed by atoms with E-state index in [0.29, 0.717) is 12.8 Å². The summed E-state index contributed by atoms with van der Waals surface area (Å²) in [6, 6.07) is 26.7. The lowest BCUT2D eigenvalue weighted by atomic mass is 9.96. The first-order chi connectivity index (χ1) is 15.6. The Labute approximate surface area is 189 Å². The van der Waals surface area contributed by atoms with Gasteiger partial charge < -0.3 is 4.74 Å². The van der Waals surface area contributed by atoms with Gasteiger partial charge in [-0.3, -0.25) is 4.79 Å². The van der Waals surface area contributed by atoms with Gasteiger partial charge in [0.15, 0.2) is 0 Å². The highest BCUT2D eigenvalue weighted by Crippen LogP contribution is 2.25. The second-order valence-corrected chi connectivity index (χ2v) is 8.41. The average molecular weight is 428 g/mol. The lowest BCUT2D eigenvalue weighted by molar-refractivity contribution is -0.129. The van der Waals surface area contributed by atoms with E-state index >= 15 is 0 Å². The van der Waals surface area contributed by atoms with Gasteiger partial charge in [-0.2, -0.15) is 0 Å². The van der Waals surface area contributed by atoms with E-state index in [1.54, 1.807) is 0 Å². The summed E-state index contributed by atoms with van der Waals surface area (Å²) < 4.78 is 5.17. The molecule has 3 aromatic carbocycles. The molecule has 0 spiro atoms. The van der Waals surface area contributed by atoms with Crippen LogP contribution in [0.25, 0.3) is 11.1 Å². The first kappa shape index (κ1) is 21.8. The third-order valence-corrected chi connectivity index (χ3v) is 6.03. The Morgan fingerprint density at radius 1 is 0.938 bits per heavy atom. The molecule has 4 nitrogen and oxygen atoms in total. The van der Waals surface area contributed by atoms with Crippen LogP contribution in [0.4, 0.5) is 4.79 Å². The number of nitrogens with zero attached hydrogens (tertiary/aromatic N) is 1. The number of rotatable bonds is 8. The predicted octanol–water partition coefficient (Wildman–Crippen LogP) is 5.96. The minimum atomic E-state index is -0.511. The van der Waals surface area contributed by atoms with Crippen molar-refractivity contribution < 1.29 is 14.3 Å². The summed E-state index contributed by atoms with van der Waals surface area (Å²) in [5.74, 6) is -0.135. The Kier molecular flexibility index (Phi) is 7.00. The lowest BCUT2D eigenvalue weighted by Crippen LogP contribution is -2.40. The second-order valence-electron chi connectivity index (χ2n) is 8.41. The maximum atomic E-state index is 12.7. The number of benzene rings is 3. The second kappa shape index (κ2) is 10.3. The maximum absolute atomic E-state index is 12.7. The van der Waals surface area contributed by atoms with Crippen molar-refractivity contribution in [2.24, 2.45) is 0 Å². The molecule has 3 aromatic rings. The summed E-state index contributed by atoms with van der Waals surface area (Å²) in [4.78, 5) is 26.2. The van der Waals surface area contributed by atoms with Gasteiger partial charge in [-0.15, -0.1) is 0 Å². The minimum absolute atomic E-state index is 0.135. The molecule has 0 radical (unpaired) electrons. The van der Waals surface area contributed by atoms with E-state index < -0.39 is 6.09 Å². The van der Waals surface area contributed by atoms with Crippen molar-refractivity contribution in [3.05, 3.63) is 95.6 Å². The Morgan fingerprint density at radius 3 is 2.38 bits per heavy atom. The number of carbonyl (C=O) groups is 2. The number of unbranched alkanes of at least 4 members (excludes halogenated alkanes) is 1. The lowest BCUT2D eigenvalue weighted by Gasteiger charge is -2.19. The molecule has 0 bridgehead atoms. The van der Waals surface area contributed by atoms with Crippen LogP contribution in [0.3, 0.4) is 0 Å². The van der Waals surface area contributed by atoms with E-state index in [0.717, 1.165) is 24.8 Å². The molecule has 1 heterocycles. The van der Waals surface area contributed by atoms with Crippen molar-refractivity contribution >= 4 is 12.0 Å². The van der Waals surface area contributed by atoms with Gasteiger partial charge >= 0.3 is 6.09 Å². The van der Waals surface area contributed by atoms with Crippen LogP contribution in [0.2, 0.25) is 0 Å². The zero-order valence-electron chi connectivity index (χ0n) is 18.5. The molecule has 1 saturated heterocycles. The van der Waals surface area contributed by atoms with Gasteiger partial charge in [0.2, 0.25) is 5.91 Å². The molecule has 0 aromatic heterocycles. The normalized spacial score (nSPS) is 15.6. The summed E-state index contributed by atoms with van der Waals surface area (Å²) in [5, 5.41) is 0. The quantitative estimate of drug-likeness (QED) is 0.416. The van der Waals surface area contributed by atoms with E-state index in [4.69, 9.17) is 4.74 Å². The molecule has 0 N–H and O–H groups in total. The number of aryl methyl sites for hydroxylation is 2. The van der Waals surface area contributed by atoms with Crippen LogP contribution in [0, 0.1) is 6.92 Å². The molecule has 1 aliphatic heterocycles. The summed E-state index contributed by atoms with van der Waals surface area (Å²) in [5.41, 5.74) is 6.11. The summed E-state index contributed by atoms with van der Waals surface area (Å²) in [6.45, 7) is 2.41. The van der Waals surface area contributed by atoms with Gasteiger partial charge in [0.25, 0.3) is 0 Å². The molecule has 0 aliphatic carbocycles. The zero-order valence-corrected chi connectivity index (χ0v) is 18.5. The SMILES string of the molecule is Cc1cc(CCCCC(=O)N2C(=O)OC[C@@H]2Cc2ccccc2)ccc1-c1ccccc1. The monoisotopic (exact) mass is 427 g/mol. The molecule has 1 fully saturated rings. The fourth-order valence-corrected chi connectivity index (χ4v) is 4.35. The third-order valence-electron chi connectivity index (χ3n) is 6.03. The van der Waals surface area contributed by atoms with E-state index in [1.165, 1.54) is 27.2 Å². The van der Waals surface area contributed by atoms with Gasteiger partial charge in [-0.05, 0) is 60.4 Å². The van der Waals surface area contributed by atoms with Crippen molar-refractivity contribution in [2.45, 2.75) is 45.1 Å². The fourth-order valence-electron chi connectivity index (χ4n) is 4.35. The number of cyclic esters (lactones) is 1. The highest BCUT2D eigenvalue weighted by molar-refractivity contribution is 5.93. The first-order valence-corrected chi connectivity index (χ1v) is 11.3. The first-order valence-electron chi connectivity index (χ1n) is 11.3. The van der Waals surface area contributed by atoms with Crippen molar-refractivity contribution in [3.63, 3.8) is 0 Å². The van der Waals surface area contributed by atoms with Crippen LogP contribution >= 0.6 is 0 Å². The Morgan fingerprint density at radius 2 is 1.66 bits per heavy atom. The largest absolute Gasteiger partial charge is 0.447 e. The summed E-state index contributed by atoms with van der Waals surface area (Å²) >= 11 is 0. The van der Waals surface area contributed by atoms with Crippen molar-refractivity contribution in [2.75, 3.05) is 6.61 Å². The Balaban J connectivity index is 1.28. The van der Waals surface area contributed by atoms with Crippen LogP contribution in [-0.4, -0.2) is 29.5 Å². The third kappa shape index (κ3) is 5.25. The van der Waals surface area contributed by atoms with Gasteiger partial charge in [0, 0.05) is 6.42 Å². The van der Waals surface area contributed by atoms with Gasteiger partial charge in [0.05, 0.1) is 6.04 Å². The smallest absolute Gasteiger partial charge is 0.416 e. The number of carbonyl (C=O) groups excluding carboxylic acids is 2. The van der Waals surface area contributed by atoms with Crippen molar-refractivity contribution in [1.82, 2.24) is 4.90 Å². The highest BCUT2D eigenvalue weighted by Gasteiger charge is 2.37. The number of hydrogen-bond acceptors (Lipinski definition) is 3. The molecule has 2 amide bonds. The van der Waals surface area contributed by atoms with Gasteiger partial charge in [-0.1, -0.05) is 78.9 Å². The van der Waals surface area contributed by atoms with E-state index in [9.17, 15) is 9.59 Å². The van der Waals surface area contributed by atoms with Crippen LogP contribution in [0.1, 0.15) is 36.0 Å². The molecule has 1 aliphatic rings. The summed E-state index contributed by atoms with van der Waals surface area (Å²) in [6.07, 6.45) is 3.05. The predicted molar refractivity (Wildman–Crippen MR) is 126 cm³/mol. The van der Waals surface area contributed by atoms with Crippen LogP contribution < -0.4 is 0 Å². The fraction of sp³-hybridized carbons (Fsp3) is 0.286. The molecular weight excluding hydrogens is 398 g/mol. The average Bonchev–Trinajstić information content (AvgIpc) is 3.18. The number of imide groups is 1. The molecule has 164 valence electrons. The standard InChI is InChI=1S/C28H29NO3/c1-21-18-23(16-17-26(21)24-13-6-3-7-14-24)12-8-9-15-27(30)29-25(20-32-28(29)31)19-22-10-4-2-5-11-22/h2-7,10-11,13-14,16-18,25H,8-9,12,15,19-20H2,1H3/t25-/m0/s1. The number of hydrogen-bond donors (Lipinski definition) is 0. The topological polar surface area (TPSA) is 46.6 Å². The molecule has 0 unspecified atom stereocenters. The maximum Gasteiger partial charge on any atom is 0.416 e. The van der Waals surface area contributed by atoms with Crippen molar-refractivity contribution in [1.29, 1.82) is 0 Å². The van der Waals surface area contributed by atoms with E-state index in [1.807, 2.05) is 36.4 Å². The zero-order chi connectivity index (χ0) is 22.3. The van der Waals surface area contributed by atoms with Crippen LogP contribution in [0.5, 0.6) is 0 Å². The molecule has 4 heteroatoms. The molecule has 0 saturated carbocycles. The number of ether oxygens (including phenoxy) is 1. The molecule has 4 rings (SSSR count). The molecule has 32 heavy (non-hydrogen) atoms. The molecular formula is C28H29NO3. The highest BCUT2D eigenvalue weighted by atomic mass is 16.6. The van der Waals surface area contributed by atoms with Gasteiger partial charge in [-0.25, -0.2) is 9.69 Å². The Bertz CT molecular complexity index is 1060. The van der Waals surface area contributed by atoms with Gasteiger partial charge in [0.1, 0.15) is 6.61 Å². The summed E-state index contributed by atoms with van der Waals surface area (Å²) in [7, 11) is 0. The molecule has 1 atom stereocenters. The van der Waals surface area contributed by atoms with Crippen LogP contribution in [-0.2, 0) is 22.4 Å². The number of amides is 2. The Hall–Kier alpha value is -3.40. The van der Waals surface area contributed by atoms with E-state index in [-0.39, 0.29) is 18.6 Å². The van der Waals surface area contributed by atoms with Crippen molar-refractivity contribution in [3.8, 4) is 11.1 Å².